The highest BCUT2D eigenvalue weighted by atomic mass is 32.2. The zero-order chi connectivity index (χ0) is 22.4. The number of anilines is 2. The molecule has 0 spiro atoms. The van der Waals surface area contributed by atoms with Gasteiger partial charge in [-0.3, -0.25) is 9.10 Å². The summed E-state index contributed by atoms with van der Waals surface area (Å²) in [4.78, 5) is 12.3. The number of carbonyl (C=O) groups is 1. The SMILES string of the molecule is CS(=O)(=O)N(CC(=O)Nc1ccc(F)cc1F)c1ccc(OCc2ccccc2)cc1. The predicted molar refractivity (Wildman–Crippen MR) is 114 cm³/mol. The average molecular weight is 446 g/mol. The number of hydrogen-bond acceptors (Lipinski definition) is 4. The van der Waals surface area contributed by atoms with Crippen LogP contribution in [0.4, 0.5) is 20.2 Å². The second-order valence-electron chi connectivity index (χ2n) is 6.71. The van der Waals surface area contributed by atoms with Crippen LogP contribution in [0, 0.1) is 11.6 Å². The van der Waals surface area contributed by atoms with Gasteiger partial charge in [-0.2, -0.15) is 0 Å². The van der Waals surface area contributed by atoms with Gasteiger partial charge in [-0.25, -0.2) is 17.2 Å². The van der Waals surface area contributed by atoms with Crippen molar-refractivity contribution in [1.29, 1.82) is 0 Å². The Labute approximate surface area is 179 Å². The first kappa shape index (κ1) is 22.2. The molecule has 1 N–H and O–H groups in total. The zero-order valence-corrected chi connectivity index (χ0v) is 17.4. The van der Waals surface area contributed by atoms with Crippen molar-refractivity contribution < 1.29 is 26.7 Å². The lowest BCUT2D eigenvalue weighted by Gasteiger charge is -2.22. The van der Waals surface area contributed by atoms with Gasteiger partial charge in [0.25, 0.3) is 0 Å². The van der Waals surface area contributed by atoms with Gasteiger partial charge >= 0.3 is 0 Å². The predicted octanol–water partition coefficient (Wildman–Crippen LogP) is 3.95. The number of sulfonamides is 1. The molecule has 3 aromatic rings. The van der Waals surface area contributed by atoms with Crippen LogP contribution in [-0.4, -0.2) is 27.1 Å². The smallest absolute Gasteiger partial charge is 0.245 e. The maximum Gasteiger partial charge on any atom is 0.245 e. The van der Waals surface area contributed by atoms with Crippen LogP contribution in [-0.2, 0) is 21.4 Å². The van der Waals surface area contributed by atoms with Crippen molar-refractivity contribution in [3.8, 4) is 5.75 Å². The van der Waals surface area contributed by atoms with Gasteiger partial charge in [0.1, 0.15) is 30.5 Å². The molecule has 0 aliphatic rings. The summed E-state index contributed by atoms with van der Waals surface area (Å²) in [6.45, 7) is -0.235. The largest absolute Gasteiger partial charge is 0.489 e. The second-order valence-corrected chi connectivity index (χ2v) is 8.62. The summed E-state index contributed by atoms with van der Waals surface area (Å²) in [5.74, 6) is -2.00. The molecule has 31 heavy (non-hydrogen) atoms. The summed E-state index contributed by atoms with van der Waals surface area (Å²) in [6.07, 6.45) is 0.957. The molecule has 0 fully saturated rings. The van der Waals surface area contributed by atoms with Gasteiger partial charge in [0.2, 0.25) is 15.9 Å². The lowest BCUT2D eigenvalue weighted by molar-refractivity contribution is -0.114. The zero-order valence-electron chi connectivity index (χ0n) is 16.6. The Kier molecular flexibility index (Phi) is 6.86. The maximum atomic E-state index is 13.7. The second kappa shape index (κ2) is 9.57. The lowest BCUT2D eigenvalue weighted by atomic mass is 10.2. The first-order valence-corrected chi connectivity index (χ1v) is 11.1. The molecule has 0 radical (unpaired) electrons. The summed E-state index contributed by atoms with van der Waals surface area (Å²) in [5.41, 5.74) is 0.975. The standard InChI is InChI=1S/C22H20F2N2O4S/c1-31(28,29)26(14-22(27)25-21-12-7-17(23)13-20(21)24)18-8-10-19(11-9-18)30-15-16-5-3-2-4-6-16/h2-13H,14-15H2,1H3,(H,25,27). The topological polar surface area (TPSA) is 75.7 Å². The molecule has 0 bridgehead atoms. The molecular formula is C22H20F2N2O4S. The fourth-order valence-corrected chi connectivity index (χ4v) is 3.62. The third-order valence-corrected chi connectivity index (χ3v) is 5.41. The van der Waals surface area contributed by atoms with E-state index < -0.39 is 34.1 Å². The van der Waals surface area contributed by atoms with E-state index in [1.807, 2.05) is 30.3 Å². The molecule has 1 amide bonds. The number of halogens is 2. The van der Waals surface area contributed by atoms with E-state index in [1.165, 1.54) is 12.1 Å². The van der Waals surface area contributed by atoms with Gasteiger partial charge in [-0.05, 0) is 42.0 Å². The van der Waals surface area contributed by atoms with Crippen molar-refractivity contribution in [2.45, 2.75) is 6.61 Å². The van der Waals surface area contributed by atoms with Crippen molar-refractivity contribution in [2.24, 2.45) is 0 Å². The Bertz CT molecular complexity index is 1150. The fourth-order valence-electron chi connectivity index (χ4n) is 2.76. The van der Waals surface area contributed by atoms with Crippen molar-refractivity contribution in [3.63, 3.8) is 0 Å². The quantitative estimate of drug-likeness (QED) is 0.569. The number of ether oxygens (including phenoxy) is 1. The van der Waals surface area contributed by atoms with Gasteiger partial charge in [0.15, 0.2) is 0 Å². The fraction of sp³-hybridized carbons (Fsp3) is 0.136. The number of nitrogens with one attached hydrogen (secondary N) is 1. The number of nitrogens with zero attached hydrogens (tertiary/aromatic N) is 1. The Balaban J connectivity index is 1.69. The number of carbonyl (C=O) groups excluding carboxylic acids is 1. The normalized spacial score (nSPS) is 11.1. The van der Waals surface area contributed by atoms with Crippen LogP contribution in [0.25, 0.3) is 0 Å². The summed E-state index contributed by atoms with van der Waals surface area (Å²) in [7, 11) is -3.81. The van der Waals surface area contributed by atoms with Crippen molar-refractivity contribution >= 4 is 27.3 Å². The Hall–Kier alpha value is -3.46. The van der Waals surface area contributed by atoms with Gasteiger partial charge in [0, 0.05) is 6.07 Å². The molecule has 0 aliphatic heterocycles. The summed E-state index contributed by atoms with van der Waals surface area (Å²) in [5, 5.41) is 2.25. The van der Waals surface area contributed by atoms with E-state index in [1.54, 1.807) is 12.1 Å². The van der Waals surface area contributed by atoms with E-state index >= 15 is 0 Å². The molecule has 0 unspecified atom stereocenters. The minimum atomic E-state index is -3.81. The first-order valence-electron chi connectivity index (χ1n) is 9.22. The highest BCUT2D eigenvalue weighted by molar-refractivity contribution is 7.92. The van der Waals surface area contributed by atoms with Crippen molar-refractivity contribution in [1.82, 2.24) is 0 Å². The van der Waals surface area contributed by atoms with E-state index in [0.717, 1.165) is 28.3 Å². The van der Waals surface area contributed by atoms with E-state index in [0.29, 0.717) is 18.4 Å². The molecule has 3 rings (SSSR count). The van der Waals surface area contributed by atoms with Crippen LogP contribution in [0.15, 0.2) is 72.8 Å². The summed E-state index contributed by atoms with van der Waals surface area (Å²) in [6, 6.07) is 18.4. The highest BCUT2D eigenvalue weighted by Gasteiger charge is 2.21. The lowest BCUT2D eigenvalue weighted by Crippen LogP contribution is -2.37. The van der Waals surface area contributed by atoms with E-state index in [-0.39, 0.29) is 11.4 Å². The molecular weight excluding hydrogens is 426 g/mol. The Morgan fingerprint density at radius 2 is 1.68 bits per heavy atom. The molecule has 0 heterocycles. The number of rotatable bonds is 8. The molecule has 0 saturated heterocycles. The first-order chi connectivity index (χ1) is 14.7. The van der Waals surface area contributed by atoms with Crippen LogP contribution >= 0.6 is 0 Å². The summed E-state index contributed by atoms with van der Waals surface area (Å²) >= 11 is 0. The van der Waals surface area contributed by atoms with Gasteiger partial charge in [0.05, 0.1) is 17.6 Å². The van der Waals surface area contributed by atoms with Gasteiger partial charge in [-0.15, -0.1) is 0 Å². The van der Waals surface area contributed by atoms with Crippen molar-refractivity contribution in [3.05, 3.63) is 90.0 Å². The van der Waals surface area contributed by atoms with Gasteiger partial charge < -0.3 is 10.1 Å². The Morgan fingerprint density at radius 1 is 1.00 bits per heavy atom. The maximum absolute atomic E-state index is 13.7. The van der Waals surface area contributed by atoms with E-state index in [4.69, 9.17) is 4.74 Å². The average Bonchev–Trinajstić information content (AvgIpc) is 2.73. The highest BCUT2D eigenvalue weighted by Crippen LogP contribution is 2.23. The minimum Gasteiger partial charge on any atom is -0.489 e. The van der Waals surface area contributed by atoms with E-state index in [9.17, 15) is 22.0 Å². The third-order valence-electron chi connectivity index (χ3n) is 4.27. The van der Waals surface area contributed by atoms with Gasteiger partial charge in [-0.1, -0.05) is 30.3 Å². The van der Waals surface area contributed by atoms with E-state index in [2.05, 4.69) is 5.32 Å². The molecule has 162 valence electrons. The minimum absolute atomic E-state index is 0.240. The number of benzene rings is 3. The van der Waals surface area contributed by atoms with Crippen LogP contribution < -0.4 is 14.4 Å². The molecule has 3 aromatic carbocycles. The molecule has 0 saturated carbocycles. The molecule has 0 aromatic heterocycles. The number of hydrogen-bond donors (Lipinski definition) is 1. The van der Waals surface area contributed by atoms with Crippen LogP contribution in [0.2, 0.25) is 0 Å². The summed E-state index contributed by atoms with van der Waals surface area (Å²) < 4.78 is 57.7. The number of amides is 1. The molecule has 0 aliphatic carbocycles. The molecule has 9 heteroatoms. The van der Waals surface area contributed by atoms with Crippen LogP contribution in [0.5, 0.6) is 5.75 Å². The molecule has 6 nitrogen and oxygen atoms in total. The van der Waals surface area contributed by atoms with Crippen LogP contribution in [0.3, 0.4) is 0 Å². The monoisotopic (exact) mass is 446 g/mol. The van der Waals surface area contributed by atoms with Crippen LogP contribution in [0.1, 0.15) is 5.56 Å². The third kappa shape index (κ3) is 6.26. The van der Waals surface area contributed by atoms with Crippen molar-refractivity contribution in [2.75, 3.05) is 22.4 Å². The Morgan fingerprint density at radius 3 is 2.29 bits per heavy atom. The molecule has 0 atom stereocenters.